The summed E-state index contributed by atoms with van der Waals surface area (Å²) in [5.74, 6) is 2.86. The Kier molecular flexibility index (Phi) is 6.67. The molecule has 1 saturated heterocycles. The Balaban J connectivity index is 0.00000144. The topological polar surface area (TPSA) is 55.1 Å². The van der Waals surface area contributed by atoms with Crippen LogP contribution in [0, 0.1) is 5.92 Å². The van der Waals surface area contributed by atoms with Gasteiger partial charge in [-0.3, -0.25) is 4.79 Å². The molecule has 1 aliphatic heterocycles. The molecule has 17 heavy (non-hydrogen) atoms. The molecule has 1 amide bonds. The van der Waals surface area contributed by atoms with Crippen molar-refractivity contribution in [2.45, 2.75) is 50.6 Å². The molecule has 100 valence electrons. The Morgan fingerprint density at radius 1 is 1.06 bits per heavy atom. The fourth-order valence-corrected chi connectivity index (χ4v) is 3.65. The molecule has 0 atom stereocenters. The minimum atomic E-state index is 0. The van der Waals surface area contributed by atoms with Crippen molar-refractivity contribution < 1.29 is 4.79 Å². The van der Waals surface area contributed by atoms with Gasteiger partial charge < -0.3 is 11.1 Å². The number of carbonyl (C=O) groups is 1. The summed E-state index contributed by atoms with van der Waals surface area (Å²) >= 11 is 1.97. The number of carbonyl (C=O) groups excluding carboxylic acids is 1. The summed E-state index contributed by atoms with van der Waals surface area (Å²) in [5.41, 5.74) is 5.86. The molecule has 0 aromatic heterocycles. The van der Waals surface area contributed by atoms with Gasteiger partial charge >= 0.3 is 0 Å². The standard InChI is InChI=1S/C12H22N2OS.ClH/c13-10-1-3-11(4-2-10)14-12(15)9-5-7-16-8-6-9;/h9-11H,1-8,13H2,(H,14,15);1H. The van der Waals surface area contributed by atoms with Crippen LogP contribution < -0.4 is 11.1 Å². The first-order valence-electron chi connectivity index (χ1n) is 6.39. The van der Waals surface area contributed by atoms with Crippen LogP contribution in [0.15, 0.2) is 0 Å². The summed E-state index contributed by atoms with van der Waals surface area (Å²) in [5, 5.41) is 3.21. The van der Waals surface area contributed by atoms with Crippen LogP contribution in [-0.4, -0.2) is 29.5 Å². The molecule has 0 aromatic rings. The predicted octanol–water partition coefficient (Wildman–Crippen LogP) is 1.94. The van der Waals surface area contributed by atoms with Crippen LogP contribution in [0.25, 0.3) is 0 Å². The zero-order valence-corrected chi connectivity index (χ0v) is 11.8. The largest absolute Gasteiger partial charge is 0.353 e. The number of hydrogen-bond donors (Lipinski definition) is 2. The molecular weight excluding hydrogens is 256 g/mol. The van der Waals surface area contributed by atoms with Crippen LogP contribution in [0.2, 0.25) is 0 Å². The molecule has 3 nitrogen and oxygen atoms in total. The van der Waals surface area contributed by atoms with Crippen LogP contribution in [0.5, 0.6) is 0 Å². The molecule has 5 heteroatoms. The van der Waals surface area contributed by atoms with Crippen molar-refractivity contribution in [1.82, 2.24) is 5.32 Å². The highest BCUT2D eigenvalue weighted by Gasteiger charge is 2.25. The van der Waals surface area contributed by atoms with Gasteiger partial charge in [-0.05, 0) is 50.0 Å². The molecule has 2 fully saturated rings. The molecule has 2 aliphatic rings. The fraction of sp³-hybridized carbons (Fsp3) is 0.917. The van der Waals surface area contributed by atoms with Gasteiger partial charge in [0.05, 0.1) is 0 Å². The van der Waals surface area contributed by atoms with E-state index in [1.165, 1.54) is 0 Å². The summed E-state index contributed by atoms with van der Waals surface area (Å²) in [7, 11) is 0. The Bertz CT molecular complexity index is 239. The first-order chi connectivity index (χ1) is 7.75. The highest BCUT2D eigenvalue weighted by molar-refractivity contribution is 7.99. The lowest BCUT2D eigenvalue weighted by Gasteiger charge is -2.29. The van der Waals surface area contributed by atoms with Crippen LogP contribution in [-0.2, 0) is 4.79 Å². The molecule has 0 unspecified atom stereocenters. The maximum atomic E-state index is 12.0. The van der Waals surface area contributed by atoms with Crippen LogP contribution in [0.4, 0.5) is 0 Å². The quantitative estimate of drug-likeness (QED) is 0.812. The summed E-state index contributed by atoms with van der Waals surface area (Å²) < 4.78 is 0. The van der Waals surface area contributed by atoms with Crippen molar-refractivity contribution in [3.63, 3.8) is 0 Å². The van der Waals surface area contributed by atoms with Crippen molar-refractivity contribution >= 4 is 30.1 Å². The summed E-state index contributed by atoms with van der Waals surface area (Å²) in [6.45, 7) is 0. The van der Waals surface area contributed by atoms with Crippen LogP contribution >= 0.6 is 24.2 Å². The Hall–Kier alpha value is 0.0700. The number of hydrogen-bond acceptors (Lipinski definition) is 3. The number of nitrogens with one attached hydrogen (secondary N) is 1. The van der Waals surface area contributed by atoms with Gasteiger partial charge in [0.2, 0.25) is 5.91 Å². The zero-order chi connectivity index (χ0) is 11.4. The van der Waals surface area contributed by atoms with Crippen molar-refractivity contribution in [2.75, 3.05) is 11.5 Å². The summed E-state index contributed by atoms with van der Waals surface area (Å²) in [4.78, 5) is 12.0. The third-order valence-electron chi connectivity index (χ3n) is 3.71. The fourth-order valence-electron chi connectivity index (χ4n) is 2.54. The number of rotatable bonds is 2. The minimum absolute atomic E-state index is 0. The van der Waals surface area contributed by atoms with E-state index in [9.17, 15) is 4.79 Å². The van der Waals surface area contributed by atoms with Gasteiger partial charge in [-0.2, -0.15) is 11.8 Å². The van der Waals surface area contributed by atoms with E-state index in [2.05, 4.69) is 5.32 Å². The molecule has 1 heterocycles. The zero-order valence-electron chi connectivity index (χ0n) is 10.2. The maximum Gasteiger partial charge on any atom is 0.223 e. The number of thioether (sulfide) groups is 1. The first kappa shape index (κ1) is 15.1. The average molecular weight is 279 g/mol. The van der Waals surface area contributed by atoms with Crippen molar-refractivity contribution in [2.24, 2.45) is 11.7 Å². The van der Waals surface area contributed by atoms with E-state index in [0.717, 1.165) is 50.0 Å². The molecule has 1 aliphatic carbocycles. The first-order valence-corrected chi connectivity index (χ1v) is 7.55. The minimum Gasteiger partial charge on any atom is -0.353 e. The van der Waals surface area contributed by atoms with Gasteiger partial charge in [-0.25, -0.2) is 0 Å². The van der Waals surface area contributed by atoms with Crippen molar-refractivity contribution in [3.8, 4) is 0 Å². The molecule has 3 N–H and O–H groups in total. The second-order valence-electron chi connectivity index (χ2n) is 5.01. The third kappa shape index (κ3) is 4.68. The Morgan fingerprint density at radius 2 is 1.65 bits per heavy atom. The van der Waals surface area contributed by atoms with Gasteiger partial charge in [-0.1, -0.05) is 0 Å². The van der Waals surface area contributed by atoms with Gasteiger partial charge in [0, 0.05) is 18.0 Å². The number of nitrogens with two attached hydrogens (primary N) is 1. The highest BCUT2D eigenvalue weighted by Crippen LogP contribution is 2.24. The van der Waals surface area contributed by atoms with Crippen molar-refractivity contribution in [1.29, 1.82) is 0 Å². The lowest BCUT2D eigenvalue weighted by molar-refractivity contribution is -0.126. The molecule has 1 saturated carbocycles. The van der Waals surface area contributed by atoms with E-state index < -0.39 is 0 Å². The van der Waals surface area contributed by atoms with Gasteiger partial charge in [0.1, 0.15) is 0 Å². The van der Waals surface area contributed by atoms with Gasteiger partial charge in [0.15, 0.2) is 0 Å². The lowest BCUT2D eigenvalue weighted by Crippen LogP contribution is -2.43. The molecular formula is C12H23ClN2OS. The number of halogens is 1. The monoisotopic (exact) mass is 278 g/mol. The van der Waals surface area contributed by atoms with Crippen LogP contribution in [0.3, 0.4) is 0 Å². The van der Waals surface area contributed by atoms with Gasteiger partial charge in [-0.15, -0.1) is 12.4 Å². The predicted molar refractivity (Wildman–Crippen MR) is 75.7 cm³/mol. The highest BCUT2D eigenvalue weighted by atomic mass is 35.5. The van der Waals surface area contributed by atoms with Crippen molar-refractivity contribution in [3.05, 3.63) is 0 Å². The number of amides is 1. The van der Waals surface area contributed by atoms with E-state index in [4.69, 9.17) is 5.73 Å². The van der Waals surface area contributed by atoms with E-state index in [1.54, 1.807) is 0 Å². The third-order valence-corrected chi connectivity index (χ3v) is 4.76. The smallest absolute Gasteiger partial charge is 0.223 e. The second kappa shape index (κ2) is 7.49. The normalized spacial score (nSPS) is 30.4. The molecule has 2 rings (SSSR count). The van der Waals surface area contributed by atoms with E-state index in [-0.39, 0.29) is 18.3 Å². The molecule has 0 aromatic carbocycles. The Labute approximate surface area is 114 Å². The van der Waals surface area contributed by atoms with E-state index in [1.807, 2.05) is 11.8 Å². The SMILES string of the molecule is Cl.NC1CCC(NC(=O)C2CCSCC2)CC1. The van der Waals surface area contributed by atoms with E-state index >= 15 is 0 Å². The lowest BCUT2D eigenvalue weighted by atomic mass is 9.91. The molecule has 0 radical (unpaired) electrons. The summed E-state index contributed by atoms with van der Waals surface area (Å²) in [6.07, 6.45) is 6.37. The second-order valence-corrected chi connectivity index (χ2v) is 6.23. The Morgan fingerprint density at radius 3 is 2.24 bits per heavy atom. The summed E-state index contributed by atoms with van der Waals surface area (Å²) in [6, 6.07) is 0.751. The van der Waals surface area contributed by atoms with E-state index in [0.29, 0.717) is 18.0 Å². The van der Waals surface area contributed by atoms with Crippen LogP contribution in [0.1, 0.15) is 38.5 Å². The van der Waals surface area contributed by atoms with Gasteiger partial charge in [0.25, 0.3) is 0 Å². The maximum absolute atomic E-state index is 12.0. The molecule has 0 spiro atoms. The molecule has 0 bridgehead atoms. The average Bonchev–Trinajstić information content (AvgIpc) is 2.33.